The first kappa shape index (κ1) is 28.1. The average molecular weight is 479 g/mol. The number of hydrogen-bond acceptors (Lipinski definition) is 7. The first-order valence-electron chi connectivity index (χ1n) is 12.4. The number of carbonyl (C=O) groups excluding carboxylic acids is 3. The van der Waals surface area contributed by atoms with Gasteiger partial charge in [-0.2, -0.15) is 0 Å². The van der Waals surface area contributed by atoms with E-state index in [0.29, 0.717) is 12.0 Å². The van der Waals surface area contributed by atoms with Gasteiger partial charge in [-0.05, 0) is 60.3 Å². The highest BCUT2D eigenvalue weighted by Crippen LogP contribution is 2.48. The maximum atomic E-state index is 13.2. The molecule has 0 aromatic carbocycles. The summed E-state index contributed by atoms with van der Waals surface area (Å²) >= 11 is 0. The molecular formula is C27H42O7. The molecule has 1 aliphatic carbocycles. The highest BCUT2D eigenvalue weighted by atomic mass is 16.6. The molecule has 0 saturated carbocycles. The van der Waals surface area contributed by atoms with Crippen LogP contribution in [0, 0.1) is 17.8 Å². The van der Waals surface area contributed by atoms with Gasteiger partial charge in [0, 0.05) is 24.8 Å². The molecule has 0 N–H and O–H groups in total. The van der Waals surface area contributed by atoms with Crippen molar-refractivity contribution in [1.29, 1.82) is 0 Å². The zero-order valence-corrected chi connectivity index (χ0v) is 22.2. The number of fused-ring (bicyclic) bond motifs is 1. The van der Waals surface area contributed by atoms with Gasteiger partial charge < -0.3 is 18.9 Å². The van der Waals surface area contributed by atoms with E-state index >= 15 is 0 Å². The van der Waals surface area contributed by atoms with E-state index < -0.39 is 41.8 Å². The van der Waals surface area contributed by atoms with Crippen LogP contribution in [0.1, 0.15) is 81.6 Å². The number of carbonyl (C=O) groups is 3. The van der Waals surface area contributed by atoms with Crippen LogP contribution in [-0.2, 0) is 33.3 Å². The van der Waals surface area contributed by atoms with Crippen LogP contribution in [0.15, 0.2) is 23.3 Å². The van der Waals surface area contributed by atoms with Crippen molar-refractivity contribution in [2.75, 3.05) is 0 Å². The number of rotatable bonds is 7. The number of epoxide rings is 1. The van der Waals surface area contributed by atoms with Crippen molar-refractivity contribution in [2.45, 2.75) is 112 Å². The van der Waals surface area contributed by atoms with Crippen molar-refractivity contribution < 1.29 is 33.3 Å². The molecule has 7 heteroatoms. The maximum absolute atomic E-state index is 13.2. The van der Waals surface area contributed by atoms with Gasteiger partial charge in [0.15, 0.2) is 0 Å². The minimum absolute atomic E-state index is 0.0448. The van der Waals surface area contributed by atoms with Crippen molar-refractivity contribution in [3.63, 3.8) is 0 Å². The molecule has 1 heterocycles. The first-order chi connectivity index (χ1) is 15.8. The van der Waals surface area contributed by atoms with Gasteiger partial charge in [-0.3, -0.25) is 9.59 Å². The standard InChI is InChI=1S/C27H42O7/c1-10-17(5)25(29)32-21-14-16(4)12-11-13-27(9)24(34-27)23(22(21)15(2)3)33-26(30)18(6)19(7)31-20(8)28/h10,12,15,18-19,21-24H,11,13-14H2,1-9H3. The van der Waals surface area contributed by atoms with E-state index in [0.717, 1.165) is 18.4 Å². The highest BCUT2D eigenvalue weighted by molar-refractivity contribution is 5.87. The molecule has 2 rings (SSSR count). The van der Waals surface area contributed by atoms with Crippen LogP contribution in [-0.4, -0.2) is 47.9 Å². The lowest BCUT2D eigenvalue weighted by Gasteiger charge is -2.37. The Morgan fingerprint density at radius 1 is 1.15 bits per heavy atom. The molecule has 1 aliphatic heterocycles. The molecule has 0 bridgehead atoms. The van der Waals surface area contributed by atoms with Crippen LogP contribution in [0.3, 0.4) is 0 Å². The number of allylic oxidation sites excluding steroid dienone is 2. The van der Waals surface area contributed by atoms with Crippen LogP contribution in [0.25, 0.3) is 0 Å². The van der Waals surface area contributed by atoms with Crippen LogP contribution in [0.2, 0.25) is 0 Å². The largest absolute Gasteiger partial charge is 0.462 e. The van der Waals surface area contributed by atoms with E-state index in [4.69, 9.17) is 18.9 Å². The van der Waals surface area contributed by atoms with Gasteiger partial charge in [0.1, 0.15) is 24.4 Å². The third-order valence-corrected chi connectivity index (χ3v) is 7.17. The fourth-order valence-electron chi connectivity index (χ4n) is 4.64. The molecule has 34 heavy (non-hydrogen) atoms. The van der Waals surface area contributed by atoms with E-state index in [-0.39, 0.29) is 23.9 Å². The van der Waals surface area contributed by atoms with Gasteiger partial charge in [0.2, 0.25) is 0 Å². The maximum Gasteiger partial charge on any atom is 0.333 e. The predicted molar refractivity (Wildman–Crippen MR) is 129 cm³/mol. The van der Waals surface area contributed by atoms with E-state index in [2.05, 4.69) is 6.08 Å². The molecule has 7 nitrogen and oxygen atoms in total. The van der Waals surface area contributed by atoms with Crippen molar-refractivity contribution >= 4 is 17.9 Å². The second-order valence-corrected chi connectivity index (χ2v) is 10.4. The molecule has 0 aromatic heterocycles. The number of ether oxygens (including phenoxy) is 4. The summed E-state index contributed by atoms with van der Waals surface area (Å²) in [5.74, 6) is -2.15. The predicted octanol–water partition coefficient (Wildman–Crippen LogP) is 4.92. The van der Waals surface area contributed by atoms with Crippen molar-refractivity contribution in [3.8, 4) is 0 Å². The zero-order valence-electron chi connectivity index (χ0n) is 22.2. The fourth-order valence-corrected chi connectivity index (χ4v) is 4.64. The third kappa shape index (κ3) is 6.94. The fraction of sp³-hybridized carbons (Fsp3) is 0.741. The Hall–Kier alpha value is -2.15. The summed E-state index contributed by atoms with van der Waals surface area (Å²) in [7, 11) is 0. The molecule has 192 valence electrons. The minimum atomic E-state index is -0.648. The Morgan fingerprint density at radius 3 is 2.35 bits per heavy atom. The first-order valence-corrected chi connectivity index (χ1v) is 12.4. The lowest BCUT2D eigenvalue weighted by Crippen LogP contribution is -2.46. The normalized spacial score (nSPS) is 31.5. The Morgan fingerprint density at radius 2 is 1.79 bits per heavy atom. The van der Waals surface area contributed by atoms with Crippen molar-refractivity contribution in [1.82, 2.24) is 0 Å². The van der Waals surface area contributed by atoms with Crippen molar-refractivity contribution in [3.05, 3.63) is 23.3 Å². The average Bonchev–Trinajstić information content (AvgIpc) is 3.41. The summed E-state index contributed by atoms with van der Waals surface area (Å²) in [5.41, 5.74) is 1.25. The lowest BCUT2D eigenvalue weighted by atomic mass is 9.78. The lowest BCUT2D eigenvalue weighted by molar-refractivity contribution is -0.172. The second kappa shape index (κ2) is 11.5. The quantitative estimate of drug-likeness (QED) is 0.169. The molecule has 2 aliphatic rings. The Kier molecular flexibility index (Phi) is 9.52. The van der Waals surface area contributed by atoms with Gasteiger partial charge in [0.25, 0.3) is 0 Å². The number of esters is 3. The molecule has 7 atom stereocenters. The second-order valence-electron chi connectivity index (χ2n) is 10.4. The molecular weight excluding hydrogens is 436 g/mol. The molecule has 7 unspecified atom stereocenters. The Labute approximate surface area is 204 Å². The summed E-state index contributed by atoms with van der Waals surface area (Å²) in [5, 5.41) is 0. The summed E-state index contributed by atoms with van der Waals surface area (Å²) in [6.07, 6.45) is 4.12. The smallest absolute Gasteiger partial charge is 0.333 e. The highest BCUT2D eigenvalue weighted by Gasteiger charge is 2.60. The summed E-state index contributed by atoms with van der Waals surface area (Å²) in [6, 6.07) is 0. The van der Waals surface area contributed by atoms with Gasteiger partial charge in [0.05, 0.1) is 11.5 Å². The summed E-state index contributed by atoms with van der Waals surface area (Å²) in [4.78, 5) is 37.3. The molecule has 0 amide bonds. The summed E-state index contributed by atoms with van der Waals surface area (Å²) < 4.78 is 23.5. The molecule has 0 radical (unpaired) electrons. The summed E-state index contributed by atoms with van der Waals surface area (Å²) in [6.45, 7) is 16.4. The minimum Gasteiger partial charge on any atom is -0.462 e. The molecule has 1 saturated heterocycles. The van der Waals surface area contributed by atoms with E-state index in [1.54, 1.807) is 33.8 Å². The topological polar surface area (TPSA) is 91.4 Å². The van der Waals surface area contributed by atoms with E-state index in [1.807, 2.05) is 27.7 Å². The van der Waals surface area contributed by atoms with Gasteiger partial charge in [-0.1, -0.05) is 31.6 Å². The Balaban J connectivity index is 2.42. The van der Waals surface area contributed by atoms with Crippen LogP contribution >= 0.6 is 0 Å². The third-order valence-electron chi connectivity index (χ3n) is 7.17. The molecule has 0 aromatic rings. The van der Waals surface area contributed by atoms with Gasteiger partial charge >= 0.3 is 17.9 Å². The van der Waals surface area contributed by atoms with E-state index in [9.17, 15) is 14.4 Å². The van der Waals surface area contributed by atoms with Gasteiger partial charge in [-0.25, -0.2) is 4.79 Å². The van der Waals surface area contributed by atoms with Crippen molar-refractivity contribution in [2.24, 2.45) is 17.8 Å². The SMILES string of the molecule is CC=C(C)C(=O)OC1CC(C)=CCCC2(C)OC2C(OC(=O)C(C)C(C)OC(C)=O)C1C(C)C. The van der Waals surface area contributed by atoms with Crippen LogP contribution in [0.4, 0.5) is 0 Å². The monoisotopic (exact) mass is 478 g/mol. The van der Waals surface area contributed by atoms with Crippen LogP contribution in [0.5, 0.6) is 0 Å². The zero-order chi connectivity index (χ0) is 25.8. The molecule has 1 fully saturated rings. The van der Waals surface area contributed by atoms with E-state index in [1.165, 1.54) is 6.92 Å². The van der Waals surface area contributed by atoms with Gasteiger partial charge in [-0.15, -0.1) is 0 Å². The molecule has 0 spiro atoms. The number of hydrogen-bond donors (Lipinski definition) is 0. The Bertz CT molecular complexity index is 827. The van der Waals surface area contributed by atoms with Crippen LogP contribution < -0.4 is 0 Å².